The van der Waals surface area contributed by atoms with Crippen LogP contribution in [0.1, 0.15) is 33.3 Å². The summed E-state index contributed by atoms with van der Waals surface area (Å²) in [4.78, 5) is 2.28. The van der Waals surface area contributed by atoms with Gasteiger partial charge in [-0.25, -0.2) is 4.39 Å². The molecule has 0 atom stereocenters. The summed E-state index contributed by atoms with van der Waals surface area (Å²) in [7, 11) is 0. The van der Waals surface area contributed by atoms with Gasteiger partial charge in [0.15, 0.2) is 11.6 Å². The molecule has 5 heteroatoms. The van der Waals surface area contributed by atoms with Crippen molar-refractivity contribution in [1.82, 2.24) is 4.90 Å². The van der Waals surface area contributed by atoms with E-state index >= 15 is 0 Å². The first-order valence-corrected chi connectivity index (χ1v) is 6.85. The van der Waals surface area contributed by atoms with Crippen molar-refractivity contribution < 1.29 is 9.13 Å². The van der Waals surface area contributed by atoms with Crippen LogP contribution in [0.25, 0.3) is 0 Å². The van der Waals surface area contributed by atoms with Crippen molar-refractivity contribution in [3.05, 3.63) is 29.6 Å². The number of hydrogen-bond acceptors (Lipinski definition) is 3. The fraction of sp³-hybridized carbons (Fsp3) is 0.533. The number of benzene rings is 1. The standard InChI is InChI=1S/C15H24FN3O/c1-10(2)19(11(3)4)7-8-20-14-6-5-12(15(17)18)9-13(14)16/h5-6,9-11H,7-8H2,1-4H3,(H3,17,18). The second kappa shape index (κ2) is 7.24. The summed E-state index contributed by atoms with van der Waals surface area (Å²) in [5, 5.41) is 7.25. The number of nitrogens with two attached hydrogens (primary N) is 1. The number of halogens is 1. The third kappa shape index (κ3) is 4.49. The molecule has 112 valence electrons. The lowest BCUT2D eigenvalue weighted by molar-refractivity contribution is 0.140. The highest BCUT2D eigenvalue weighted by Crippen LogP contribution is 2.18. The van der Waals surface area contributed by atoms with E-state index in [1.165, 1.54) is 12.1 Å². The average molecular weight is 281 g/mol. The SMILES string of the molecule is CC(C)N(CCOc1ccc(C(=N)N)cc1F)C(C)C. The molecule has 0 unspecified atom stereocenters. The number of hydrogen-bond donors (Lipinski definition) is 2. The van der Waals surface area contributed by atoms with Crippen LogP contribution in [0.3, 0.4) is 0 Å². The van der Waals surface area contributed by atoms with Gasteiger partial charge in [0, 0.05) is 24.2 Å². The molecule has 0 aliphatic heterocycles. The van der Waals surface area contributed by atoms with E-state index in [0.29, 0.717) is 24.3 Å². The first-order chi connectivity index (χ1) is 9.32. The molecule has 0 spiro atoms. The Bertz CT molecular complexity index is 452. The Balaban J connectivity index is 2.60. The quantitative estimate of drug-likeness (QED) is 0.596. The second-order valence-corrected chi connectivity index (χ2v) is 5.33. The van der Waals surface area contributed by atoms with Crippen molar-refractivity contribution in [2.75, 3.05) is 13.2 Å². The molecular weight excluding hydrogens is 257 g/mol. The van der Waals surface area contributed by atoms with Gasteiger partial charge in [-0.15, -0.1) is 0 Å². The second-order valence-electron chi connectivity index (χ2n) is 5.33. The molecule has 3 N–H and O–H groups in total. The highest BCUT2D eigenvalue weighted by Gasteiger charge is 2.13. The van der Waals surface area contributed by atoms with Crippen molar-refractivity contribution in [2.24, 2.45) is 5.73 Å². The molecule has 20 heavy (non-hydrogen) atoms. The van der Waals surface area contributed by atoms with Gasteiger partial charge in [0.05, 0.1) is 0 Å². The molecular formula is C15H24FN3O. The first kappa shape index (κ1) is 16.4. The molecule has 4 nitrogen and oxygen atoms in total. The maximum atomic E-state index is 13.8. The van der Waals surface area contributed by atoms with Crippen molar-refractivity contribution >= 4 is 5.84 Å². The van der Waals surface area contributed by atoms with E-state index < -0.39 is 5.82 Å². The lowest BCUT2D eigenvalue weighted by Gasteiger charge is -2.30. The molecule has 0 heterocycles. The van der Waals surface area contributed by atoms with Crippen LogP contribution in [0.4, 0.5) is 4.39 Å². The monoisotopic (exact) mass is 281 g/mol. The molecule has 1 aromatic carbocycles. The van der Waals surface area contributed by atoms with Crippen LogP contribution < -0.4 is 10.5 Å². The van der Waals surface area contributed by atoms with Crippen LogP contribution >= 0.6 is 0 Å². The molecule has 0 aliphatic rings. The van der Waals surface area contributed by atoms with Gasteiger partial charge in [-0.05, 0) is 45.9 Å². The van der Waals surface area contributed by atoms with E-state index in [0.717, 1.165) is 6.54 Å². The van der Waals surface area contributed by atoms with Crippen LogP contribution in [0.2, 0.25) is 0 Å². The summed E-state index contributed by atoms with van der Waals surface area (Å²) in [6.07, 6.45) is 0. The summed E-state index contributed by atoms with van der Waals surface area (Å²) in [6, 6.07) is 5.16. The zero-order valence-corrected chi connectivity index (χ0v) is 12.6. The zero-order valence-electron chi connectivity index (χ0n) is 12.6. The molecule has 1 aromatic rings. The predicted octanol–water partition coefficient (Wildman–Crippen LogP) is 2.61. The number of rotatable bonds is 7. The topological polar surface area (TPSA) is 62.3 Å². The highest BCUT2D eigenvalue weighted by atomic mass is 19.1. The summed E-state index contributed by atoms with van der Waals surface area (Å²) < 4.78 is 19.2. The third-order valence-electron chi connectivity index (χ3n) is 3.18. The number of nitrogens with zero attached hydrogens (tertiary/aromatic N) is 1. The molecule has 0 saturated heterocycles. The predicted molar refractivity (Wildman–Crippen MR) is 79.9 cm³/mol. The fourth-order valence-corrected chi connectivity index (χ4v) is 2.16. The van der Waals surface area contributed by atoms with Crippen LogP contribution in [0.5, 0.6) is 5.75 Å². The lowest BCUT2D eigenvalue weighted by atomic mass is 10.2. The molecule has 0 radical (unpaired) electrons. The zero-order chi connectivity index (χ0) is 15.3. The Kier molecular flexibility index (Phi) is 5.95. The normalized spacial score (nSPS) is 11.4. The number of nitrogen functional groups attached to an aromatic ring is 1. The summed E-state index contributed by atoms with van der Waals surface area (Å²) in [5.41, 5.74) is 5.67. The van der Waals surface area contributed by atoms with Crippen molar-refractivity contribution in [1.29, 1.82) is 5.41 Å². The van der Waals surface area contributed by atoms with Crippen LogP contribution in [0.15, 0.2) is 18.2 Å². The summed E-state index contributed by atoms with van der Waals surface area (Å²) in [6.45, 7) is 9.67. The molecule has 1 rings (SSSR count). The maximum Gasteiger partial charge on any atom is 0.165 e. The largest absolute Gasteiger partial charge is 0.489 e. The molecule has 0 aliphatic carbocycles. The van der Waals surface area contributed by atoms with Crippen molar-refractivity contribution in [3.63, 3.8) is 0 Å². The highest BCUT2D eigenvalue weighted by molar-refractivity contribution is 5.95. The van der Waals surface area contributed by atoms with E-state index in [1.54, 1.807) is 6.07 Å². The third-order valence-corrected chi connectivity index (χ3v) is 3.18. The Morgan fingerprint density at radius 2 is 1.90 bits per heavy atom. The van der Waals surface area contributed by atoms with Gasteiger partial charge in [-0.1, -0.05) is 0 Å². The Morgan fingerprint density at radius 3 is 2.35 bits per heavy atom. The lowest BCUT2D eigenvalue weighted by Crippen LogP contribution is -2.39. The van der Waals surface area contributed by atoms with Gasteiger partial charge in [0.1, 0.15) is 12.4 Å². The molecule has 0 saturated carbocycles. The summed E-state index contributed by atoms with van der Waals surface area (Å²) >= 11 is 0. The molecule has 0 fully saturated rings. The van der Waals surface area contributed by atoms with E-state index in [-0.39, 0.29) is 11.6 Å². The first-order valence-electron chi connectivity index (χ1n) is 6.85. The Morgan fingerprint density at radius 1 is 1.30 bits per heavy atom. The number of ether oxygens (including phenoxy) is 1. The smallest absolute Gasteiger partial charge is 0.165 e. The number of nitrogens with one attached hydrogen (secondary N) is 1. The molecule has 0 amide bonds. The molecule has 0 aromatic heterocycles. The minimum atomic E-state index is -0.488. The van der Waals surface area contributed by atoms with Crippen LogP contribution in [-0.2, 0) is 0 Å². The van der Waals surface area contributed by atoms with Gasteiger partial charge >= 0.3 is 0 Å². The average Bonchev–Trinajstić information content (AvgIpc) is 2.34. The van der Waals surface area contributed by atoms with E-state index in [9.17, 15) is 4.39 Å². The van der Waals surface area contributed by atoms with Gasteiger partial charge < -0.3 is 10.5 Å². The summed E-state index contributed by atoms with van der Waals surface area (Å²) in [5.74, 6) is -0.443. The Labute approximate surface area is 120 Å². The van der Waals surface area contributed by atoms with E-state index in [4.69, 9.17) is 15.9 Å². The van der Waals surface area contributed by atoms with Gasteiger partial charge in [-0.3, -0.25) is 10.3 Å². The van der Waals surface area contributed by atoms with Gasteiger partial charge in [0.2, 0.25) is 0 Å². The van der Waals surface area contributed by atoms with Crippen molar-refractivity contribution in [3.8, 4) is 5.75 Å². The van der Waals surface area contributed by atoms with E-state index in [1.807, 2.05) is 0 Å². The molecule has 0 bridgehead atoms. The van der Waals surface area contributed by atoms with Crippen LogP contribution in [0, 0.1) is 11.2 Å². The van der Waals surface area contributed by atoms with Gasteiger partial charge in [0.25, 0.3) is 0 Å². The van der Waals surface area contributed by atoms with Crippen molar-refractivity contribution in [2.45, 2.75) is 39.8 Å². The van der Waals surface area contributed by atoms with Crippen LogP contribution in [-0.4, -0.2) is 36.0 Å². The fourth-order valence-electron chi connectivity index (χ4n) is 2.16. The number of amidine groups is 1. The van der Waals surface area contributed by atoms with E-state index in [2.05, 4.69) is 32.6 Å². The van der Waals surface area contributed by atoms with Gasteiger partial charge in [-0.2, -0.15) is 0 Å². The maximum absolute atomic E-state index is 13.8. The minimum Gasteiger partial charge on any atom is -0.489 e. The Hall–Kier alpha value is -1.62. The minimum absolute atomic E-state index is 0.152.